The molecule has 2 rings (SSSR count). The summed E-state index contributed by atoms with van der Waals surface area (Å²) in [6, 6.07) is 0.337. The van der Waals surface area contributed by atoms with Crippen LogP contribution in [-0.4, -0.2) is 30.1 Å². The first kappa shape index (κ1) is 17.0. The molecule has 1 aliphatic heterocycles. The van der Waals surface area contributed by atoms with Gasteiger partial charge in [-0.15, -0.1) is 0 Å². The Morgan fingerprint density at radius 3 is 2.64 bits per heavy atom. The Kier molecular flexibility index (Phi) is 5.25. The van der Waals surface area contributed by atoms with Gasteiger partial charge in [0.2, 0.25) is 0 Å². The lowest BCUT2D eigenvalue weighted by molar-refractivity contribution is 0.302. The van der Waals surface area contributed by atoms with Crippen LogP contribution < -0.4 is 0 Å². The van der Waals surface area contributed by atoms with Gasteiger partial charge in [0.15, 0.2) is 0 Å². The van der Waals surface area contributed by atoms with E-state index in [-0.39, 0.29) is 5.54 Å². The third-order valence-corrected chi connectivity index (χ3v) is 5.03. The van der Waals surface area contributed by atoms with Crippen molar-refractivity contribution in [1.82, 2.24) is 0 Å². The molecular weight excluding hydrogens is 272 g/mol. The molecular formula is C19H30N2O. The fourth-order valence-electron chi connectivity index (χ4n) is 3.17. The van der Waals surface area contributed by atoms with Crippen molar-refractivity contribution in [2.24, 2.45) is 15.9 Å². The van der Waals surface area contributed by atoms with Crippen LogP contribution in [0.5, 0.6) is 0 Å². The molecule has 0 amide bonds. The third kappa shape index (κ3) is 3.34. The minimum Gasteiger partial charge on any atom is -0.494 e. The number of nitrogens with zero attached hydrogens (tertiary/aromatic N) is 2. The number of allylic oxidation sites excluding steroid dienone is 3. The third-order valence-electron chi connectivity index (χ3n) is 5.03. The SMILES string of the molecule is CCC(C)N=C1C=C(OC)C2=NC(C)(CC)CC(CC)C2=C1. The summed E-state index contributed by atoms with van der Waals surface area (Å²) in [6.07, 6.45) is 8.64. The number of aliphatic imine (C=N–C) groups is 2. The first-order valence-electron chi connectivity index (χ1n) is 8.62. The smallest absolute Gasteiger partial charge is 0.146 e. The molecule has 0 radical (unpaired) electrons. The van der Waals surface area contributed by atoms with E-state index in [1.807, 2.05) is 6.08 Å². The molecule has 0 saturated heterocycles. The van der Waals surface area contributed by atoms with Crippen molar-refractivity contribution in [1.29, 1.82) is 0 Å². The number of ether oxygens (including phenoxy) is 1. The van der Waals surface area contributed by atoms with Crippen LogP contribution in [0.25, 0.3) is 0 Å². The zero-order chi connectivity index (χ0) is 16.3. The van der Waals surface area contributed by atoms with Crippen molar-refractivity contribution in [3.05, 3.63) is 23.5 Å². The second-order valence-electron chi connectivity index (χ2n) is 6.74. The van der Waals surface area contributed by atoms with Crippen molar-refractivity contribution < 1.29 is 4.74 Å². The van der Waals surface area contributed by atoms with E-state index < -0.39 is 0 Å². The molecule has 22 heavy (non-hydrogen) atoms. The maximum absolute atomic E-state index is 5.65. The van der Waals surface area contributed by atoms with Crippen LogP contribution in [0.1, 0.15) is 60.3 Å². The molecule has 3 nitrogen and oxygen atoms in total. The molecule has 3 heteroatoms. The molecule has 0 fully saturated rings. The first-order chi connectivity index (χ1) is 10.5. The average molecular weight is 302 g/mol. The first-order valence-corrected chi connectivity index (χ1v) is 8.62. The van der Waals surface area contributed by atoms with Gasteiger partial charge in [-0.05, 0) is 57.1 Å². The second-order valence-corrected chi connectivity index (χ2v) is 6.74. The van der Waals surface area contributed by atoms with Gasteiger partial charge in [0.1, 0.15) is 11.5 Å². The van der Waals surface area contributed by atoms with Gasteiger partial charge in [0.25, 0.3) is 0 Å². The standard InChI is InChI=1S/C19H30N2O/c1-7-13(4)20-15-10-16-14(8-2)12-19(5,9-3)21-18(16)17(11-15)22-6/h10-11,13-14H,7-9,12H2,1-6H3. The van der Waals surface area contributed by atoms with E-state index in [2.05, 4.69) is 40.7 Å². The lowest BCUT2D eigenvalue weighted by Gasteiger charge is -2.38. The predicted molar refractivity (Wildman–Crippen MR) is 94.9 cm³/mol. The molecule has 0 saturated carbocycles. The monoisotopic (exact) mass is 302 g/mol. The molecule has 0 aromatic rings. The van der Waals surface area contributed by atoms with Gasteiger partial charge in [-0.25, -0.2) is 0 Å². The lowest BCUT2D eigenvalue weighted by Crippen LogP contribution is -2.36. The number of methoxy groups -OCH3 is 1. The molecule has 0 bridgehead atoms. The molecule has 1 aliphatic carbocycles. The Hall–Kier alpha value is -1.38. The highest BCUT2D eigenvalue weighted by Gasteiger charge is 2.37. The van der Waals surface area contributed by atoms with Crippen molar-refractivity contribution in [2.75, 3.05) is 7.11 Å². The number of fused-ring (bicyclic) bond motifs is 1. The number of rotatable bonds is 5. The fourth-order valence-corrected chi connectivity index (χ4v) is 3.17. The highest BCUT2D eigenvalue weighted by atomic mass is 16.5. The van der Waals surface area contributed by atoms with E-state index in [4.69, 9.17) is 14.7 Å². The Balaban J connectivity index is 2.50. The number of hydrogen-bond acceptors (Lipinski definition) is 3. The van der Waals surface area contributed by atoms with Crippen LogP contribution in [0.4, 0.5) is 0 Å². The summed E-state index contributed by atoms with van der Waals surface area (Å²) in [6.45, 7) is 11.1. The van der Waals surface area contributed by atoms with Gasteiger partial charge in [-0.1, -0.05) is 20.8 Å². The van der Waals surface area contributed by atoms with Crippen molar-refractivity contribution in [3.63, 3.8) is 0 Å². The quantitative estimate of drug-likeness (QED) is 0.676. The summed E-state index contributed by atoms with van der Waals surface area (Å²) in [5.41, 5.74) is 3.41. The van der Waals surface area contributed by atoms with E-state index in [0.29, 0.717) is 12.0 Å². The van der Waals surface area contributed by atoms with E-state index in [9.17, 15) is 0 Å². The predicted octanol–water partition coefficient (Wildman–Crippen LogP) is 4.74. The van der Waals surface area contributed by atoms with Crippen LogP contribution in [0.3, 0.4) is 0 Å². The Morgan fingerprint density at radius 1 is 1.36 bits per heavy atom. The van der Waals surface area contributed by atoms with Gasteiger partial charge < -0.3 is 4.74 Å². The minimum absolute atomic E-state index is 0.0241. The molecule has 122 valence electrons. The summed E-state index contributed by atoms with van der Waals surface area (Å²) in [5, 5.41) is 0. The summed E-state index contributed by atoms with van der Waals surface area (Å²) in [5.74, 6) is 1.41. The fraction of sp³-hybridized carbons (Fsp3) is 0.684. The summed E-state index contributed by atoms with van der Waals surface area (Å²) < 4.78 is 5.65. The van der Waals surface area contributed by atoms with Gasteiger partial charge in [-0.2, -0.15) is 0 Å². The van der Waals surface area contributed by atoms with Crippen molar-refractivity contribution in [3.8, 4) is 0 Å². The molecule has 3 atom stereocenters. The molecule has 2 aliphatic rings. The highest BCUT2D eigenvalue weighted by molar-refractivity contribution is 6.23. The van der Waals surface area contributed by atoms with Gasteiger partial charge in [-0.3, -0.25) is 9.98 Å². The zero-order valence-electron chi connectivity index (χ0n) is 14.9. The van der Waals surface area contributed by atoms with Crippen molar-refractivity contribution >= 4 is 11.4 Å². The van der Waals surface area contributed by atoms with Crippen LogP contribution in [0.2, 0.25) is 0 Å². The molecule has 0 aromatic heterocycles. The number of hydrogen-bond donors (Lipinski definition) is 0. The second kappa shape index (κ2) is 6.80. The Morgan fingerprint density at radius 2 is 2.09 bits per heavy atom. The largest absolute Gasteiger partial charge is 0.494 e. The Bertz CT molecular complexity index is 542. The van der Waals surface area contributed by atoms with Crippen LogP contribution in [0.15, 0.2) is 33.5 Å². The molecule has 0 aromatic carbocycles. The van der Waals surface area contributed by atoms with Gasteiger partial charge >= 0.3 is 0 Å². The Labute approximate surface area is 135 Å². The maximum Gasteiger partial charge on any atom is 0.146 e. The molecule has 0 spiro atoms. The normalized spacial score (nSPS) is 31.1. The van der Waals surface area contributed by atoms with Gasteiger partial charge in [0.05, 0.1) is 18.4 Å². The minimum atomic E-state index is 0.0241. The van der Waals surface area contributed by atoms with Crippen LogP contribution >= 0.6 is 0 Å². The molecule has 1 heterocycles. The van der Waals surface area contributed by atoms with E-state index in [1.54, 1.807) is 7.11 Å². The van der Waals surface area contributed by atoms with Crippen molar-refractivity contribution in [2.45, 2.75) is 71.9 Å². The zero-order valence-corrected chi connectivity index (χ0v) is 14.9. The maximum atomic E-state index is 5.65. The van der Waals surface area contributed by atoms with Crippen LogP contribution in [-0.2, 0) is 4.74 Å². The summed E-state index contributed by atoms with van der Waals surface area (Å²) >= 11 is 0. The lowest BCUT2D eigenvalue weighted by atomic mass is 9.75. The summed E-state index contributed by atoms with van der Waals surface area (Å²) in [7, 11) is 1.73. The topological polar surface area (TPSA) is 34.0 Å². The average Bonchev–Trinajstić information content (AvgIpc) is 2.53. The molecule has 3 unspecified atom stereocenters. The molecule has 0 N–H and O–H groups in total. The summed E-state index contributed by atoms with van der Waals surface area (Å²) in [4.78, 5) is 9.84. The highest BCUT2D eigenvalue weighted by Crippen LogP contribution is 2.39. The van der Waals surface area contributed by atoms with E-state index >= 15 is 0 Å². The van der Waals surface area contributed by atoms with Gasteiger partial charge in [0, 0.05) is 12.1 Å². The van der Waals surface area contributed by atoms with E-state index in [0.717, 1.165) is 42.9 Å². The van der Waals surface area contributed by atoms with E-state index in [1.165, 1.54) is 5.57 Å². The van der Waals surface area contributed by atoms with Crippen LogP contribution in [0, 0.1) is 5.92 Å².